The fourth-order valence-electron chi connectivity index (χ4n) is 1.26. The molecule has 0 unspecified atom stereocenters. The predicted octanol–water partition coefficient (Wildman–Crippen LogP) is 2.18. The zero-order chi connectivity index (χ0) is 14.5. The van der Waals surface area contributed by atoms with Crippen LogP contribution in [0.5, 0.6) is 0 Å². The van der Waals surface area contributed by atoms with Gasteiger partial charge in [0, 0.05) is 11.7 Å². The normalized spacial score (nSPS) is 11.1. The SMILES string of the molecule is CCC(C)(C)NC(=O)CSc1cc(C(=O)O)ccn1. The van der Waals surface area contributed by atoms with E-state index in [-0.39, 0.29) is 22.8 Å². The lowest BCUT2D eigenvalue weighted by Gasteiger charge is -2.24. The van der Waals surface area contributed by atoms with E-state index in [0.717, 1.165) is 6.42 Å². The number of hydrogen-bond acceptors (Lipinski definition) is 4. The first kappa shape index (κ1) is 15.5. The van der Waals surface area contributed by atoms with Crippen molar-refractivity contribution >= 4 is 23.6 Å². The monoisotopic (exact) mass is 282 g/mol. The molecular weight excluding hydrogens is 264 g/mol. The van der Waals surface area contributed by atoms with E-state index in [2.05, 4.69) is 10.3 Å². The minimum Gasteiger partial charge on any atom is -0.478 e. The summed E-state index contributed by atoms with van der Waals surface area (Å²) < 4.78 is 0. The van der Waals surface area contributed by atoms with Crippen molar-refractivity contribution in [2.24, 2.45) is 0 Å². The number of nitrogens with zero attached hydrogens (tertiary/aromatic N) is 1. The van der Waals surface area contributed by atoms with E-state index in [9.17, 15) is 9.59 Å². The topological polar surface area (TPSA) is 79.3 Å². The third-order valence-corrected chi connectivity index (χ3v) is 3.62. The Kier molecular flexibility index (Phi) is 5.35. The highest BCUT2D eigenvalue weighted by Crippen LogP contribution is 2.17. The molecule has 0 aromatic carbocycles. The van der Waals surface area contributed by atoms with Crippen LogP contribution < -0.4 is 5.32 Å². The zero-order valence-corrected chi connectivity index (χ0v) is 12.1. The Labute approximate surface area is 116 Å². The van der Waals surface area contributed by atoms with Crippen molar-refractivity contribution in [3.63, 3.8) is 0 Å². The Morgan fingerprint density at radius 2 is 2.16 bits per heavy atom. The minimum atomic E-state index is -0.999. The summed E-state index contributed by atoms with van der Waals surface area (Å²) >= 11 is 1.22. The van der Waals surface area contributed by atoms with Gasteiger partial charge in [-0.25, -0.2) is 9.78 Å². The van der Waals surface area contributed by atoms with Crippen LogP contribution in [0.15, 0.2) is 23.4 Å². The summed E-state index contributed by atoms with van der Waals surface area (Å²) in [6.07, 6.45) is 2.27. The first-order chi connectivity index (χ1) is 8.84. The molecule has 1 aromatic rings. The molecule has 0 saturated heterocycles. The van der Waals surface area contributed by atoms with Gasteiger partial charge in [0.05, 0.1) is 16.3 Å². The van der Waals surface area contributed by atoms with Crippen molar-refractivity contribution in [3.05, 3.63) is 23.9 Å². The summed E-state index contributed by atoms with van der Waals surface area (Å²) in [5, 5.41) is 12.3. The lowest BCUT2D eigenvalue weighted by Crippen LogP contribution is -2.43. The van der Waals surface area contributed by atoms with E-state index in [1.165, 1.54) is 30.1 Å². The molecule has 1 rings (SSSR count). The summed E-state index contributed by atoms with van der Waals surface area (Å²) in [5.41, 5.74) is -0.0552. The second-order valence-corrected chi connectivity index (χ2v) is 5.76. The van der Waals surface area contributed by atoms with Crippen LogP contribution in [0, 0.1) is 0 Å². The molecule has 5 nitrogen and oxygen atoms in total. The molecule has 1 heterocycles. The van der Waals surface area contributed by atoms with Crippen molar-refractivity contribution in [2.45, 2.75) is 37.8 Å². The number of aromatic carboxylic acids is 1. The molecular formula is C13H18N2O3S. The minimum absolute atomic E-state index is 0.0839. The predicted molar refractivity (Wildman–Crippen MR) is 74.4 cm³/mol. The van der Waals surface area contributed by atoms with Gasteiger partial charge in [-0.1, -0.05) is 18.7 Å². The molecule has 0 aliphatic rings. The van der Waals surface area contributed by atoms with Gasteiger partial charge >= 0.3 is 5.97 Å². The molecule has 19 heavy (non-hydrogen) atoms. The number of nitrogens with one attached hydrogen (secondary N) is 1. The molecule has 0 aliphatic heterocycles. The van der Waals surface area contributed by atoms with Crippen LogP contribution >= 0.6 is 11.8 Å². The van der Waals surface area contributed by atoms with E-state index < -0.39 is 5.97 Å². The molecule has 1 amide bonds. The Morgan fingerprint density at radius 1 is 1.47 bits per heavy atom. The standard InChI is InChI=1S/C13H18N2O3S/c1-4-13(2,3)15-10(16)8-19-11-7-9(12(17)18)5-6-14-11/h5-7H,4,8H2,1-3H3,(H,15,16)(H,17,18). The number of hydrogen-bond donors (Lipinski definition) is 2. The number of carbonyl (C=O) groups excluding carboxylic acids is 1. The highest BCUT2D eigenvalue weighted by Gasteiger charge is 2.17. The molecule has 0 fully saturated rings. The van der Waals surface area contributed by atoms with Crippen LogP contribution in [0.1, 0.15) is 37.6 Å². The second-order valence-electron chi connectivity index (χ2n) is 4.76. The van der Waals surface area contributed by atoms with Gasteiger partial charge in [-0.05, 0) is 32.4 Å². The Morgan fingerprint density at radius 3 is 2.74 bits per heavy atom. The van der Waals surface area contributed by atoms with Gasteiger partial charge in [0.25, 0.3) is 0 Å². The number of carboxylic acids is 1. The number of carbonyl (C=O) groups is 2. The fraction of sp³-hybridized carbons (Fsp3) is 0.462. The van der Waals surface area contributed by atoms with Crippen LogP contribution in [-0.2, 0) is 4.79 Å². The molecule has 0 radical (unpaired) electrons. The van der Waals surface area contributed by atoms with Gasteiger partial charge < -0.3 is 10.4 Å². The first-order valence-corrected chi connectivity index (χ1v) is 6.96. The van der Waals surface area contributed by atoms with Crippen molar-refractivity contribution in [1.29, 1.82) is 0 Å². The largest absolute Gasteiger partial charge is 0.478 e. The van der Waals surface area contributed by atoms with Gasteiger partial charge in [0.2, 0.25) is 5.91 Å². The molecule has 2 N–H and O–H groups in total. The van der Waals surface area contributed by atoms with Crippen LogP contribution in [0.2, 0.25) is 0 Å². The number of thioether (sulfide) groups is 1. The van der Waals surface area contributed by atoms with Crippen molar-refractivity contribution < 1.29 is 14.7 Å². The van der Waals surface area contributed by atoms with Gasteiger partial charge in [0.1, 0.15) is 0 Å². The second kappa shape index (κ2) is 6.56. The number of amides is 1. The van der Waals surface area contributed by atoms with Crippen LogP contribution in [0.4, 0.5) is 0 Å². The Balaban J connectivity index is 2.55. The summed E-state index contributed by atoms with van der Waals surface area (Å²) in [6, 6.07) is 2.89. The summed E-state index contributed by atoms with van der Waals surface area (Å²) in [5.74, 6) is -0.861. The highest BCUT2D eigenvalue weighted by molar-refractivity contribution is 7.99. The maximum atomic E-state index is 11.7. The lowest BCUT2D eigenvalue weighted by molar-refractivity contribution is -0.120. The van der Waals surface area contributed by atoms with E-state index in [1.807, 2.05) is 20.8 Å². The van der Waals surface area contributed by atoms with Gasteiger partial charge in [-0.2, -0.15) is 0 Å². The van der Waals surface area contributed by atoms with Crippen molar-refractivity contribution in [1.82, 2.24) is 10.3 Å². The van der Waals surface area contributed by atoms with Crippen molar-refractivity contribution in [3.8, 4) is 0 Å². The van der Waals surface area contributed by atoms with E-state index >= 15 is 0 Å². The van der Waals surface area contributed by atoms with Crippen LogP contribution in [0.3, 0.4) is 0 Å². The third-order valence-electron chi connectivity index (χ3n) is 2.69. The first-order valence-electron chi connectivity index (χ1n) is 5.97. The number of carboxylic acid groups (broad SMARTS) is 1. The zero-order valence-electron chi connectivity index (χ0n) is 11.3. The number of aromatic nitrogens is 1. The highest BCUT2D eigenvalue weighted by atomic mass is 32.2. The van der Waals surface area contributed by atoms with E-state index in [4.69, 9.17) is 5.11 Å². The van der Waals surface area contributed by atoms with Gasteiger partial charge in [0.15, 0.2) is 0 Å². The molecule has 1 aromatic heterocycles. The van der Waals surface area contributed by atoms with E-state index in [1.54, 1.807) is 0 Å². The summed E-state index contributed by atoms with van der Waals surface area (Å²) in [7, 11) is 0. The summed E-state index contributed by atoms with van der Waals surface area (Å²) in [4.78, 5) is 26.6. The maximum Gasteiger partial charge on any atom is 0.335 e. The Hall–Kier alpha value is -1.56. The molecule has 0 saturated carbocycles. The number of pyridine rings is 1. The maximum absolute atomic E-state index is 11.7. The lowest BCUT2D eigenvalue weighted by atomic mass is 10.0. The molecule has 6 heteroatoms. The van der Waals surface area contributed by atoms with Crippen LogP contribution in [0.25, 0.3) is 0 Å². The molecule has 0 bridgehead atoms. The van der Waals surface area contributed by atoms with Gasteiger partial charge in [-0.15, -0.1) is 0 Å². The quantitative estimate of drug-likeness (QED) is 0.782. The smallest absolute Gasteiger partial charge is 0.335 e. The molecule has 0 atom stereocenters. The molecule has 0 spiro atoms. The van der Waals surface area contributed by atoms with Crippen molar-refractivity contribution in [2.75, 3.05) is 5.75 Å². The Bertz CT molecular complexity index is 475. The molecule has 104 valence electrons. The molecule has 0 aliphatic carbocycles. The van der Waals surface area contributed by atoms with Gasteiger partial charge in [-0.3, -0.25) is 4.79 Å². The number of rotatable bonds is 6. The average Bonchev–Trinajstić information content (AvgIpc) is 2.36. The summed E-state index contributed by atoms with van der Waals surface area (Å²) in [6.45, 7) is 5.92. The van der Waals surface area contributed by atoms with E-state index in [0.29, 0.717) is 5.03 Å². The average molecular weight is 282 g/mol. The van der Waals surface area contributed by atoms with Crippen LogP contribution in [-0.4, -0.2) is 33.3 Å². The third kappa shape index (κ3) is 5.30. The fourth-order valence-corrected chi connectivity index (χ4v) is 1.96.